The highest BCUT2D eigenvalue weighted by molar-refractivity contribution is 5.96. The molecule has 1 fully saturated rings. The molecular weight excluding hydrogens is 364 g/mol. The second-order valence-electron chi connectivity index (χ2n) is 7.89. The number of fused-ring (bicyclic) bond motifs is 1. The summed E-state index contributed by atoms with van der Waals surface area (Å²) in [5.74, 6) is -0.198. The van der Waals surface area contributed by atoms with Gasteiger partial charge in [0.15, 0.2) is 0 Å². The van der Waals surface area contributed by atoms with Crippen LogP contribution < -0.4 is 10.6 Å². The number of hydrogen-bond acceptors (Lipinski definition) is 3. The average molecular weight is 390 g/mol. The third kappa shape index (κ3) is 3.96. The van der Waals surface area contributed by atoms with E-state index in [-0.39, 0.29) is 23.3 Å². The number of nitrogens with one attached hydrogen (secondary N) is 2. The van der Waals surface area contributed by atoms with Gasteiger partial charge in [-0.15, -0.1) is 0 Å². The Labute approximate surface area is 171 Å². The van der Waals surface area contributed by atoms with E-state index >= 15 is 0 Å². The molecule has 1 aliphatic heterocycles. The number of amides is 2. The zero-order valence-corrected chi connectivity index (χ0v) is 16.4. The molecule has 0 radical (unpaired) electrons. The largest absolute Gasteiger partial charge is 0.376 e. The molecule has 0 aromatic heterocycles. The maximum Gasteiger partial charge on any atom is 0.251 e. The van der Waals surface area contributed by atoms with E-state index < -0.39 is 0 Å². The summed E-state index contributed by atoms with van der Waals surface area (Å²) in [4.78, 5) is 24.6. The van der Waals surface area contributed by atoms with Crippen LogP contribution in [-0.4, -0.2) is 31.0 Å². The molecule has 0 saturated heterocycles. The molecule has 2 amide bonds. The van der Waals surface area contributed by atoms with Crippen LogP contribution in [0.15, 0.2) is 61.2 Å². The van der Waals surface area contributed by atoms with E-state index in [4.69, 9.17) is 4.74 Å². The van der Waals surface area contributed by atoms with E-state index in [2.05, 4.69) is 29.3 Å². The van der Waals surface area contributed by atoms with Gasteiger partial charge in [0, 0.05) is 23.6 Å². The molecule has 1 saturated carbocycles. The van der Waals surface area contributed by atoms with Crippen molar-refractivity contribution in [1.82, 2.24) is 10.6 Å². The first-order valence-electron chi connectivity index (χ1n) is 10.1. The molecule has 0 spiro atoms. The summed E-state index contributed by atoms with van der Waals surface area (Å²) in [5.41, 5.74) is 3.97. The monoisotopic (exact) mass is 390 g/mol. The van der Waals surface area contributed by atoms with E-state index in [1.807, 2.05) is 36.4 Å². The molecule has 0 atom stereocenters. The fourth-order valence-corrected chi connectivity index (χ4v) is 4.49. The summed E-state index contributed by atoms with van der Waals surface area (Å²) in [6.07, 6.45) is 3.64. The van der Waals surface area contributed by atoms with Crippen LogP contribution in [0.5, 0.6) is 0 Å². The van der Waals surface area contributed by atoms with Crippen LogP contribution in [0, 0.1) is 0 Å². The van der Waals surface area contributed by atoms with Crippen LogP contribution in [0.25, 0.3) is 0 Å². The number of rotatable bonds is 6. The van der Waals surface area contributed by atoms with Gasteiger partial charge in [0.25, 0.3) is 5.91 Å². The summed E-state index contributed by atoms with van der Waals surface area (Å²) in [6.45, 7) is 5.28. The zero-order chi connectivity index (χ0) is 20.3. The van der Waals surface area contributed by atoms with Gasteiger partial charge in [-0.05, 0) is 48.1 Å². The highest BCUT2D eigenvalue weighted by Gasteiger charge is 2.46. The maximum atomic E-state index is 12.9. The van der Waals surface area contributed by atoms with Gasteiger partial charge in [0.05, 0.1) is 13.2 Å². The topological polar surface area (TPSA) is 67.4 Å². The minimum absolute atomic E-state index is 0.0226. The molecular formula is C24H26N2O3. The summed E-state index contributed by atoms with van der Waals surface area (Å²) >= 11 is 0. The number of hydrogen-bond donors (Lipinski definition) is 2. The summed E-state index contributed by atoms with van der Waals surface area (Å²) in [7, 11) is 0. The minimum atomic E-state index is -0.175. The van der Waals surface area contributed by atoms with Crippen LogP contribution in [0.1, 0.15) is 39.9 Å². The Morgan fingerprint density at radius 1 is 1.14 bits per heavy atom. The minimum Gasteiger partial charge on any atom is -0.376 e. The fraction of sp³-hybridized carbons (Fsp3) is 0.333. The summed E-state index contributed by atoms with van der Waals surface area (Å²) in [6, 6.07) is 16.1. The Kier molecular flexibility index (Phi) is 5.49. The highest BCUT2D eigenvalue weighted by atomic mass is 16.5. The molecule has 2 N–H and O–H groups in total. The number of carbonyl (C=O) groups excluding carboxylic acids is 2. The van der Waals surface area contributed by atoms with Crippen molar-refractivity contribution in [3.63, 3.8) is 0 Å². The van der Waals surface area contributed by atoms with Gasteiger partial charge in [-0.25, -0.2) is 0 Å². The maximum absolute atomic E-state index is 12.9. The molecule has 150 valence electrons. The molecule has 0 unspecified atom stereocenters. The van der Waals surface area contributed by atoms with Crippen molar-refractivity contribution < 1.29 is 14.3 Å². The van der Waals surface area contributed by atoms with Crippen molar-refractivity contribution in [2.45, 2.75) is 37.3 Å². The van der Waals surface area contributed by atoms with E-state index in [0.29, 0.717) is 19.8 Å². The van der Waals surface area contributed by atoms with Crippen LogP contribution in [-0.2, 0) is 28.0 Å². The molecule has 2 aromatic carbocycles. The average Bonchev–Trinajstić information content (AvgIpc) is 2.75. The van der Waals surface area contributed by atoms with Crippen molar-refractivity contribution in [1.29, 1.82) is 0 Å². The number of ether oxygens (including phenoxy) is 1. The second-order valence-corrected chi connectivity index (χ2v) is 7.89. The smallest absolute Gasteiger partial charge is 0.251 e. The lowest BCUT2D eigenvalue weighted by Gasteiger charge is -2.48. The van der Waals surface area contributed by atoms with Crippen LogP contribution in [0.2, 0.25) is 0 Å². The lowest BCUT2D eigenvalue weighted by molar-refractivity contribution is -0.117. The third-order valence-corrected chi connectivity index (χ3v) is 6.05. The number of benzene rings is 2. The fourth-order valence-electron chi connectivity index (χ4n) is 4.49. The first-order chi connectivity index (χ1) is 14.1. The van der Waals surface area contributed by atoms with Gasteiger partial charge in [-0.3, -0.25) is 9.59 Å². The van der Waals surface area contributed by atoms with Gasteiger partial charge in [-0.2, -0.15) is 0 Å². The van der Waals surface area contributed by atoms with Crippen molar-refractivity contribution in [3.05, 3.63) is 83.4 Å². The van der Waals surface area contributed by atoms with E-state index in [9.17, 15) is 9.59 Å². The van der Waals surface area contributed by atoms with Crippen molar-refractivity contribution in [2.75, 3.05) is 13.2 Å². The van der Waals surface area contributed by atoms with E-state index in [0.717, 1.165) is 36.0 Å². The van der Waals surface area contributed by atoms with Gasteiger partial charge >= 0.3 is 0 Å². The van der Waals surface area contributed by atoms with Crippen LogP contribution in [0.3, 0.4) is 0 Å². The highest BCUT2D eigenvalue weighted by Crippen LogP contribution is 2.43. The summed E-state index contributed by atoms with van der Waals surface area (Å²) < 4.78 is 5.50. The predicted octanol–water partition coefficient (Wildman–Crippen LogP) is 2.89. The van der Waals surface area contributed by atoms with E-state index in [1.165, 1.54) is 11.6 Å². The molecule has 2 aromatic rings. The SMILES string of the molecule is C=CC(=O)NCC1(c2ccccc2)CC(NC(=O)c2cccc3c2CCOC3)C1. The van der Waals surface area contributed by atoms with Crippen LogP contribution >= 0.6 is 0 Å². The molecule has 1 heterocycles. The van der Waals surface area contributed by atoms with Gasteiger partial charge < -0.3 is 15.4 Å². The quantitative estimate of drug-likeness (QED) is 0.746. The first-order valence-corrected chi connectivity index (χ1v) is 10.1. The Morgan fingerprint density at radius 2 is 1.93 bits per heavy atom. The van der Waals surface area contributed by atoms with Gasteiger partial charge in [0.2, 0.25) is 5.91 Å². The van der Waals surface area contributed by atoms with Crippen LogP contribution in [0.4, 0.5) is 0 Å². The second kappa shape index (κ2) is 8.21. The van der Waals surface area contributed by atoms with E-state index in [1.54, 1.807) is 0 Å². The lowest BCUT2D eigenvalue weighted by atomic mass is 9.61. The van der Waals surface area contributed by atoms with Crippen molar-refractivity contribution in [3.8, 4) is 0 Å². The summed E-state index contributed by atoms with van der Waals surface area (Å²) in [5, 5.41) is 6.13. The molecule has 1 aliphatic carbocycles. The zero-order valence-electron chi connectivity index (χ0n) is 16.4. The number of carbonyl (C=O) groups is 2. The Balaban J connectivity index is 1.46. The first kappa shape index (κ1) is 19.4. The molecule has 0 bridgehead atoms. The third-order valence-electron chi connectivity index (χ3n) is 6.05. The molecule has 29 heavy (non-hydrogen) atoms. The van der Waals surface area contributed by atoms with Crippen molar-refractivity contribution >= 4 is 11.8 Å². The standard InChI is InChI=1S/C24H26N2O3/c1-2-22(27)25-16-24(18-8-4-3-5-9-18)13-19(14-24)26-23(28)21-10-6-7-17-15-29-12-11-20(17)21/h2-10,19H,1,11-16H2,(H,25,27)(H,26,28). The Hall–Kier alpha value is -2.92. The molecule has 5 heteroatoms. The Morgan fingerprint density at radius 3 is 2.69 bits per heavy atom. The molecule has 5 nitrogen and oxygen atoms in total. The predicted molar refractivity (Wildman–Crippen MR) is 112 cm³/mol. The molecule has 2 aliphatic rings. The van der Waals surface area contributed by atoms with Gasteiger partial charge in [-0.1, -0.05) is 49.0 Å². The van der Waals surface area contributed by atoms with Gasteiger partial charge in [0.1, 0.15) is 0 Å². The van der Waals surface area contributed by atoms with Crippen molar-refractivity contribution in [2.24, 2.45) is 0 Å². The lowest BCUT2D eigenvalue weighted by Crippen LogP contribution is -2.57. The molecule has 4 rings (SSSR count). The normalized spacial score (nSPS) is 22.7. The Bertz CT molecular complexity index is 917.